The van der Waals surface area contributed by atoms with Gasteiger partial charge in [0.05, 0.1) is 28.7 Å². The monoisotopic (exact) mass is 252 g/mol. The van der Waals surface area contributed by atoms with Crippen LogP contribution in [0.2, 0.25) is 0 Å². The molecule has 2 aromatic rings. The van der Waals surface area contributed by atoms with Crippen molar-refractivity contribution in [2.45, 2.75) is 6.10 Å². The molecule has 96 valence electrons. The van der Waals surface area contributed by atoms with Crippen molar-refractivity contribution in [1.29, 1.82) is 0 Å². The lowest BCUT2D eigenvalue weighted by molar-refractivity contribution is -0.384. The van der Waals surface area contributed by atoms with Crippen molar-refractivity contribution in [2.24, 2.45) is 0 Å². The number of anilines is 1. The number of nitro groups is 1. The van der Waals surface area contributed by atoms with Crippen LogP contribution >= 0.6 is 0 Å². The number of fused-ring (bicyclic) bond motifs is 1. The van der Waals surface area contributed by atoms with E-state index in [0.717, 1.165) is 0 Å². The summed E-state index contributed by atoms with van der Waals surface area (Å²) in [5.41, 5.74) is 1.10. The van der Waals surface area contributed by atoms with Gasteiger partial charge in [0, 0.05) is 18.7 Å². The maximum absolute atomic E-state index is 10.6. The topological polar surface area (TPSA) is 124 Å². The Hall–Kier alpha value is -2.19. The lowest BCUT2D eigenvalue weighted by atomic mass is 10.3. The van der Waals surface area contributed by atoms with Crippen LogP contribution in [0.3, 0.4) is 0 Å². The summed E-state index contributed by atoms with van der Waals surface area (Å²) in [6, 6.07) is 4.29. The van der Waals surface area contributed by atoms with E-state index < -0.39 is 11.0 Å². The molecule has 0 saturated carbocycles. The van der Waals surface area contributed by atoms with Gasteiger partial charge in [0.25, 0.3) is 5.69 Å². The van der Waals surface area contributed by atoms with E-state index in [2.05, 4.69) is 15.3 Å². The summed E-state index contributed by atoms with van der Waals surface area (Å²) in [6.45, 7) is -0.211. The van der Waals surface area contributed by atoms with Crippen LogP contribution in [-0.4, -0.2) is 44.4 Å². The number of aromatic amines is 1. The molecule has 4 N–H and O–H groups in total. The zero-order valence-corrected chi connectivity index (χ0v) is 9.33. The van der Waals surface area contributed by atoms with Gasteiger partial charge in [-0.05, 0) is 6.07 Å². The molecule has 2 rings (SSSR count). The van der Waals surface area contributed by atoms with Crippen molar-refractivity contribution >= 4 is 22.7 Å². The van der Waals surface area contributed by atoms with Crippen LogP contribution in [0.25, 0.3) is 11.0 Å². The smallest absolute Gasteiger partial charge is 0.271 e. The summed E-state index contributed by atoms with van der Waals surface area (Å²) in [5, 5.41) is 31.2. The maximum Gasteiger partial charge on any atom is 0.271 e. The molecule has 8 nitrogen and oxygen atoms in total. The van der Waals surface area contributed by atoms with Gasteiger partial charge in [0.1, 0.15) is 0 Å². The molecule has 1 heterocycles. The van der Waals surface area contributed by atoms with E-state index in [-0.39, 0.29) is 18.8 Å². The molecule has 0 radical (unpaired) electrons. The average Bonchev–Trinajstić information content (AvgIpc) is 2.77. The number of benzene rings is 1. The number of hydrogen-bond donors (Lipinski definition) is 4. The van der Waals surface area contributed by atoms with Crippen molar-refractivity contribution in [3.8, 4) is 0 Å². The van der Waals surface area contributed by atoms with E-state index >= 15 is 0 Å². The minimum atomic E-state index is -0.882. The summed E-state index contributed by atoms with van der Waals surface area (Å²) in [5.74, 6) is 0.387. The van der Waals surface area contributed by atoms with Crippen molar-refractivity contribution in [2.75, 3.05) is 18.5 Å². The Labute approximate surface area is 101 Å². The van der Waals surface area contributed by atoms with Gasteiger partial charge in [-0.1, -0.05) is 0 Å². The number of nitro benzene ring substituents is 1. The second-order valence-electron chi connectivity index (χ2n) is 3.76. The molecule has 1 aromatic carbocycles. The van der Waals surface area contributed by atoms with Crippen LogP contribution in [0.4, 0.5) is 11.6 Å². The van der Waals surface area contributed by atoms with Crippen molar-refractivity contribution < 1.29 is 15.1 Å². The van der Waals surface area contributed by atoms with E-state index in [1.54, 1.807) is 0 Å². The van der Waals surface area contributed by atoms with Gasteiger partial charge in [-0.2, -0.15) is 0 Å². The Morgan fingerprint density at radius 1 is 1.56 bits per heavy atom. The number of aliphatic hydroxyl groups is 2. The molecule has 0 saturated heterocycles. The number of rotatable bonds is 5. The van der Waals surface area contributed by atoms with Gasteiger partial charge in [-0.25, -0.2) is 4.98 Å². The fourth-order valence-electron chi connectivity index (χ4n) is 1.47. The highest BCUT2D eigenvalue weighted by atomic mass is 16.6. The second-order valence-corrected chi connectivity index (χ2v) is 3.76. The summed E-state index contributed by atoms with van der Waals surface area (Å²) >= 11 is 0. The van der Waals surface area contributed by atoms with Gasteiger partial charge >= 0.3 is 0 Å². The Morgan fingerprint density at radius 2 is 2.33 bits per heavy atom. The molecule has 1 aromatic heterocycles. The van der Waals surface area contributed by atoms with Crippen LogP contribution < -0.4 is 5.32 Å². The van der Waals surface area contributed by atoms with Crippen LogP contribution in [0.5, 0.6) is 0 Å². The quantitative estimate of drug-likeness (QED) is 0.446. The highest BCUT2D eigenvalue weighted by molar-refractivity contribution is 5.79. The predicted molar refractivity (Wildman–Crippen MR) is 64.3 cm³/mol. The molecular formula is C10H12N4O4. The molecule has 0 bridgehead atoms. The van der Waals surface area contributed by atoms with E-state index in [0.29, 0.717) is 17.0 Å². The number of H-pyrrole nitrogens is 1. The average molecular weight is 252 g/mol. The Bertz CT molecular complexity index is 568. The molecule has 18 heavy (non-hydrogen) atoms. The minimum absolute atomic E-state index is 0.0203. The van der Waals surface area contributed by atoms with Gasteiger partial charge in [0.15, 0.2) is 0 Å². The van der Waals surface area contributed by atoms with Gasteiger partial charge in [-0.3, -0.25) is 10.1 Å². The van der Waals surface area contributed by atoms with E-state index in [1.165, 1.54) is 18.2 Å². The first-order valence-electron chi connectivity index (χ1n) is 5.27. The number of nitrogens with zero attached hydrogens (tertiary/aromatic N) is 2. The molecule has 1 unspecified atom stereocenters. The molecule has 0 aliphatic rings. The summed E-state index contributed by atoms with van der Waals surface area (Å²) in [6.07, 6.45) is -0.882. The largest absolute Gasteiger partial charge is 0.394 e. The molecule has 0 fully saturated rings. The molecule has 8 heteroatoms. The maximum atomic E-state index is 10.6. The summed E-state index contributed by atoms with van der Waals surface area (Å²) < 4.78 is 0. The zero-order chi connectivity index (χ0) is 13.1. The predicted octanol–water partition coefficient (Wildman–Crippen LogP) is 0.236. The molecule has 1 atom stereocenters. The number of hydrogen-bond acceptors (Lipinski definition) is 6. The number of aliphatic hydroxyl groups excluding tert-OH is 2. The van der Waals surface area contributed by atoms with Gasteiger partial charge < -0.3 is 20.5 Å². The fraction of sp³-hybridized carbons (Fsp3) is 0.300. The number of non-ortho nitro benzene ring substituents is 1. The Kier molecular flexibility index (Phi) is 3.40. The SMILES string of the molecule is O=[N+]([O-])c1ccc2nc(NCC(O)CO)[nH]c2c1. The highest BCUT2D eigenvalue weighted by Gasteiger charge is 2.10. The van der Waals surface area contributed by atoms with E-state index in [4.69, 9.17) is 10.2 Å². The Balaban J connectivity index is 2.19. The number of nitrogens with one attached hydrogen (secondary N) is 2. The molecule has 0 amide bonds. The third-order valence-electron chi connectivity index (χ3n) is 2.39. The number of aromatic nitrogens is 2. The van der Waals surface area contributed by atoms with Crippen LogP contribution in [0.15, 0.2) is 18.2 Å². The standard InChI is InChI=1S/C10H12N4O4/c15-5-7(16)4-11-10-12-8-2-1-6(14(17)18)3-9(8)13-10/h1-3,7,15-16H,4-5H2,(H2,11,12,13). The molecule has 0 aliphatic carbocycles. The minimum Gasteiger partial charge on any atom is -0.394 e. The third-order valence-corrected chi connectivity index (χ3v) is 2.39. The lowest BCUT2D eigenvalue weighted by Gasteiger charge is -2.06. The third kappa shape index (κ3) is 2.55. The number of imidazole rings is 1. The van der Waals surface area contributed by atoms with Crippen molar-refractivity contribution in [3.05, 3.63) is 28.3 Å². The van der Waals surface area contributed by atoms with Crippen molar-refractivity contribution in [3.63, 3.8) is 0 Å². The second kappa shape index (κ2) is 4.98. The highest BCUT2D eigenvalue weighted by Crippen LogP contribution is 2.20. The van der Waals surface area contributed by atoms with Gasteiger partial charge in [0.2, 0.25) is 5.95 Å². The molecule has 0 aliphatic heterocycles. The van der Waals surface area contributed by atoms with Crippen LogP contribution in [-0.2, 0) is 0 Å². The fourth-order valence-corrected chi connectivity index (χ4v) is 1.47. The van der Waals surface area contributed by atoms with Crippen LogP contribution in [0, 0.1) is 10.1 Å². The first-order chi connectivity index (χ1) is 8.60. The van der Waals surface area contributed by atoms with E-state index in [9.17, 15) is 10.1 Å². The molecule has 0 spiro atoms. The van der Waals surface area contributed by atoms with E-state index in [1.807, 2.05) is 0 Å². The van der Waals surface area contributed by atoms with Gasteiger partial charge in [-0.15, -0.1) is 0 Å². The lowest BCUT2D eigenvalue weighted by Crippen LogP contribution is -2.23. The Morgan fingerprint density at radius 3 is 3.00 bits per heavy atom. The van der Waals surface area contributed by atoms with Crippen molar-refractivity contribution in [1.82, 2.24) is 9.97 Å². The van der Waals surface area contributed by atoms with Crippen LogP contribution in [0.1, 0.15) is 0 Å². The normalized spacial score (nSPS) is 12.6. The zero-order valence-electron chi connectivity index (χ0n) is 9.33. The summed E-state index contributed by atoms with van der Waals surface area (Å²) in [4.78, 5) is 17.1. The first-order valence-corrected chi connectivity index (χ1v) is 5.27. The first kappa shape index (κ1) is 12.3. The summed E-state index contributed by atoms with van der Waals surface area (Å²) in [7, 11) is 0. The molecular weight excluding hydrogens is 240 g/mol.